The topological polar surface area (TPSA) is 117 Å². The van der Waals surface area contributed by atoms with Crippen molar-refractivity contribution >= 4 is 28.9 Å². The zero-order valence-corrected chi connectivity index (χ0v) is 14.9. The highest BCUT2D eigenvalue weighted by Crippen LogP contribution is 2.36. The Hall–Kier alpha value is -2.42. The number of carbonyl (C=O) groups excluding carboxylic acids is 1. The number of imidazole rings is 1. The van der Waals surface area contributed by atoms with Crippen LogP contribution >= 0.6 is 0 Å². The average molecular weight is 348 g/mol. The van der Waals surface area contributed by atoms with Crippen molar-refractivity contribution in [1.29, 1.82) is 0 Å². The van der Waals surface area contributed by atoms with Crippen LogP contribution in [-0.4, -0.2) is 45.2 Å². The molecule has 0 spiro atoms. The molecule has 0 aromatic carbocycles. The molecule has 3 atom stereocenters. The van der Waals surface area contributed by atoms with E-state index in [0.717, 1.165) is 6.42 Å². The molecule has 0 radical (unpaired) electrons. The van der Waals surface area contributed by atoms with E-state index < -0.39 is 0 Å². The van der Waals surface area contributed by atoms with Gasteiger partial charge in [0.25, 0.3) is 0 Å². The first-order valence-electron chi connectivity index (χ1n) is 8.40. The van der Waals surface area contributed by atoms with E-state index in [1.165, 1.54) is 0 Å². The summed E-state index contributed by atoms with van der Waals surface area (Å²) >= 11 is 0. The van der Waals surface area contributed by atoms with Gasteiger partial charge in [-0.25, -0.2) is 4.98 Å². The molecule has 25 heavy (non-hydrogen) atoms. The fraction of sp³-hybridized carbons (Fsp3) is 0.625. The summed E-state index contributed by atoms with van der Waals surface area (Å²) in [5.41, 5.74) is 7.06. The molecule has 9 heteroatoms. The van der Waals surface area contributed by atoms with Crippen molar-refractivity contribution in [2.45, 2.75) is 39.5 Å². The van der Waals surface area contributed by atoms with Gasteiger partial charge in [0.15, 0.2) is 17.0 Å². The van der Waals surface area contributed by atoms with E-state index in [4.69, 9.17) is 15.2 Å². The van der Waals surface area contributed by atoms with Crippen molar-refractivity contribution in [3.8, 4) is 0 Å². The van der Waals surface area contributed by atoms with Crippen molar-refractivity contribution < 1.29 is 14.3 Å². The molecule has 0 aliphatic carbocycles. The number of ether oxygens (including phenoxy) is 2. The molecule has 3 unspecified atom stereocenters. The number of hydrogen-bond donors (Lipinski definition) is 2. The van der Waals surface area contributed by atoms with Gasteiger partial charge in [0.1, 0.15) is 12.8 Å². The third-order valence-corrected chi connectivity index (χ3v) is 4.29. The average Bonchev–Trinajstić information content (AvgIpc) is 3.14. The minimum absolute atomic E-state index is 0.146. The fourth-order valence-corrected chi connectivity index (χ4v) is 3.00. The van der Waals surface area contributed by atoms with Crippen LogP contribution in [0.2, 0.25) is 0 Å². The molecule has 2 aromatic heterocycles. The number of nitrogens with one attached hydrogen (secondary N) is 1. The first kappa shape index (κ1) is 17.4. The molecule has 9 nitrogen and oxygen atoms in total. The summed E-state index contributed by atoms with van der Waals surface area (Å²) in [4.78, 5) is 24.5. The van der Waals surface area contributed by atoms with Gasteiger partial charge in [-0.1, -0.05) is 20.8 Å². The van der Waals surface area contributed by atoms with Gasteiger partial charge in [-0.2, -0.15) is 9.97 Å². The fourth-order valence-electron chi connectivity index (χ4n) is 3.00. The lowest BCUT2D eigenvalue weighted by Crippen LogP contribution is -2.21. The van der Waals surface area contributed by atoms with E-state index in [-0.39, 0.29) is 42.7 Å². The maximum absolute atomic E-state index is 11.6. The van der Waals surface area contributed by atoms with E-state index in [0.29, 0.717) is 17.0 Å². The van der Waals surface area contributed by atoms with Crippen LogP contribution in [0.25, 0.3) is 11.2 Å². The van der Waals surface area contributed by atoms with Crippen LogP contribution < -0.4 is 11.1 Å². The Kier molecular flexibility index (Phi) is 4.76. The number of esters is 1. The Bertz CT molecular complexity index is 775. The summed E-state index contributed by atoms with van der Waals surface area (Å²) in [6.07, 6.45) is 2.08. The number of rotatable bonds is 5. The van der Waals surface area contributed by atoms with Crippen LogP contribution in [0.4, 0.5) is 11.8 Å². The smallest absolute Gasteiger partial charge is 0.308 e. The summed E-state index contributed by atoms with van der Waals surface area (Å²) < 4.78 is 13.3. The van der Waals surface area contributed by atoms with Crippen molar-refractivity contribution in [1.82, 2.24) is 19.5 Å². The number of nitrogens with zero attached hydrogens (tertiary/aromatic N) is 4. The minimum Gasteiger partial charge on any atom is -0.463 e. The van der Waals surface area contributed by atoms with Gasteiger partial charge in [0.05, 0.1) is 18.3 Å². The summed E-state index contributed by atoms with van der Waals surface area (Å²) in [5.74, 6) is 0.606. The molecule has 1 fully saturated rings. The number of hydrogen-bond acceptors (Lipinski definition) is 8. The minimum atomic E-state index is -0.244. The highest BCUT2D eigenvalue weighted by molar-refractivity contribution is 5.84. The molecule has 1 saturated heterocycles. The maximum Gasteiger partial charge on any atom is 0.308 e. The van der Waals surface area contributed by atoms with Gasteiger partial charge in [-0.3, -0.25) is 9.36 Å². The molecule has 1 aliphatic rings. The van der Waals surface area contributed by atoms with Crippen molar-refractivity contribution in [2.24, 2.45) is 11.8 Å². The van der Waals surface area contributed by atoms with Crippen LogP contribution in [-0.2, 0) is 14.3 Å². The van der Waals surface area contributed by atoms with Crippen LogP contribution in [0.3, 0.4) is 0 Å². The number of fused-ring (bicyclic) bond motifs is 1. The molecule has 1 aliphatic heterocycles. The van der Waals surface area contributed by atoms with Gasteiger partial charge in [0.2, 0.25) is 5.95 Å². The predicted molar refractivity (Wildman–Crippen MR) is 92.8 cm³/mol. The number of nitrogen functional groups attached to an aromatic ring is 1. The van der Waals surface area contributed by atoms with Crippen molar-refractivity contribution in [2.75, 3.05) is 24.7 Å². The van der Waals surface area contributed by atoms with E-state index in [1.54, 1.807) is 13.4 Å². The van der Waals surface area contributed by atoms with Gasteiger partial charge in [-0.15, -0.1) is 0 Å². The monoisotopic (exact) mass is 348 g/mol. The lowest BCUT2D eigenvalue weighted by Gasteiger charge is -2.18. The third-order valence-electron chi connectivity index (χ3n) is 4.29. The number of nitrogens with two attached hydrogens (primary N) is 1. The van der Waals surface area contributed by atoms with Crippen molar-refractivity contribution in [3.05, 3.63) is 6.33 Å². The molecule has 0 amide bonds. The van der Waals surface area contributed by atoms with Crippen LogP contribution in [0.1, 0.15) is 33.4 Å². The second-order valence-corrected chi connectivity index (χ2v) is 6.65. The Morgan fingerprint density at radius 2 is 2.28 bits per heavy atom. The standard InChI is InChI=1S/C16H24N6O3/c1-8(2)15(23)24-6-10-5-9(3)14(25-10)22-7-19-11-12(18-4)20-16(17)21-13(11)22/h7-10,14H,5-6H2,1-4H3,(H3,17,18,20,21). The number of anilines is 2. The van der Waals surface area contributed by atoms with Crippen molar-refractivity contribution in [3.63, 3.8) is 0 Å². The zero-order valence-electron chi connectivity index (χ0n) is 14.9. The maximum atomic E-state index is 11.6. The summed E-state index contributed by atoms with van der Waals surface area (Å²) in [5, 5.41) is 2.97. The summed E-state index contributed by atoms with van der Waals surface area (Å²) in [7, 11) is 1.76. The molecule has 2 aromatic rings. The molecule has 136 valence electrons. The Balaban J connectivity index is 1.79. The normalized spacial score (nSPS) is 23.3. The van der Waals surface area contributed by atoms with E-state index in [9.17, 15) is 4.79 Å². The van der Waals surface area contributed by atoms with Gasteiger partial charge in [0, 0.05) is 13.0 Å². The van der Waals surface area contributed by atoms with Gasteiger partial charge >= 0.3 is 5.97 Å². The highest BCUT2D eigenvalue weighted by Gasteiger charge is 2.35. The second-order valence-electron chi connectivity index (χ2n) is 6.65. The predicted octanol–water partition coefficient (Wildman–Crippen LogP) is 1.57. The molecule has 0 saturated carbocycles. The Morgan fingerprint density at radius 3 is 2.96 bits per heavy atom. The lowest BCUT2D eigenvalue weighted by molar-refractivity contribution is -0.152. The second kappa shape index (κ2) is 6.83. The molecular formula is C16H24N6O3. The quantitative estimate of drug-likeness (QED) is 0.782. The van der Waals surface area contributed by atoms with Crippen LogP contribution in [0, 0.1) is 11.8 Å². The third kappa shape index (κ3) is 3.37. The van der Waals surface area contributed by atoms with Crippen LogP contribution in [0.15, 0.2) is 6.33 Å². The number of aromatic nitrogens is 4. The molecule has 3 heterocycles. The van der Waals surface area contributed by atoms with Crippen LogP contribution in [0.5, 0.6) is 0 Å². The van der Waals surface area contributed by atoms with Gasteiger partial charge < -0.3 is 20.5 Å². The highest BCUT2D eigenvalue weighted by atomic mass is 16.6. The molecule has 3 N–H and O–H groups in total. The summed E-state index contributed by atoms with van der Waals surface area (Å²) in [6.45, 7) is 5.96. The first-order chi connectivity index (χ1) is 11.9. The first-order valence-corrected chi connectivity index (χ1v) is 8.40. The van der Waals surface area contributed by atoms with E-state index in [1.807, 2.05) is 18.4 Å². The lowest BCUT2D eigenvalue weighted by atomic mass is 10.1. The Labute approximate surface area is 145 Å². The molecule has 0 bridgehead atoms. The number of carbonyl (C=O) groups is 1. The molecule has 3 rings (SSSR count). The van der Waals surface area contributed by atoms with E-state index in [2.05, 4.69) is 27.2 Å². The SMILES string of the molecule is CNc1nc(N)nc2c1ncn2C1OC(COC(=O)C(C)C)CC1C. The molecular weight excluding hydrogens is 324 g/mol. The zero-order chi connectivity index (χ0) is 18.1. The largest absolute Gasteiger partial charge is 0.463 e. The van der Waals surface area contributed by atoms with Gasteiger partial charge in [-0.05, 0) is 6.42 Å². The Morgan fingerprint density at radius 1 is 1.52 bits per heavy atom. The summed E-state index contributed by atoms with van der Waals surface area (Å²) in [6, 6.07) is 0. The van der Waals surface area contributed by atoms with E-state index >= 15 is 0 Å².